The molecule has 10 heavy (non-hydrogen) atoms. The maximum absolute atomic E-state index is 8.06. The van der Waals surface area contributed by atoms with Gasteiger partial charge in [0.25, 0.3) is 0 Å². The molecule has 0 aliphatic carbocycles. The molecule has 0 aromatic carbocycles. The van der Waals surface area contributed by atoms with E-state index in [4.69, 9.17) is 5.11 Å². The van der Waals surface area contributed by atoms with Gasteiger partial charge >= 0.3 is 0 Å². The van der Waals surface area contributed by atoms with Crippen molar-refractivity contribution < 1.29 is 37.8 Å². The average Bonchev–Trinajstić information content (AvgIpc) is 1.66. The van der Waals surface area contributed by atoms with E-state index in [9.17, 15) is 0 Å². The molecule has 0 fully saturated rings. The Bertz CT molecular complexity index is 33.5. The zero-order chi connectivity index (χ0) is 7.70. The van der Waals surface area contributed by atoms with Crippen molar-refractivity contribution >= 4 is 0 Å². The number of rotatable bonds is 2. The van der Waals surface area contributed by atoms with E-state index >= 15 is 0 Å². The number of hydrogen-bond acceptors (Lipinski definition) is 1. The molecular weight excluding hydrogens is 201 g/mol. The van der Waals surface area contributed by atoms with Crippen LogP contribution in [-0.4, -0.2) is 11.2 Å². The molecule has 0 saturated heterocycles. The first-order valence-corrected chi connectivity index (χ1v) is 3.62. The maximum atomic E-state index is 8.06. The summed E-state index contributed by atoms with van der Waals surface area (Å²) >= 11 is 0. The van der Waals surface area contributed by atoms with Crippen LogP contribution in [0.1, 0.15) is 40.0 Å². The summed E-state index contributed by atoms with van der Waals surface area (Å²) in [6.45, 7) is 9.29. The Hall–Kier alpha value is 1.06. The van der Waals surface area contributed by atoms with Crippen molar-refractivity contribution in [3.8, 4) is 0 Å². The summed E-state index contributed by atoms with van der Waals surface area (Å²) in [6, 6.07) is 0. The van der Waals surface area contributed by atoms with Crippen LogP contribution < -0.4 is 0 Å². The normalized spacial score (nSPS) is 7.80. The molecule has 0 aliphatic rings. The Morgan fingerprint density at radius 2 is 1.70 bits per heavy atom. The molecule has 0 spiro atoms. The molecule has 61 valence electrons. The smallest absolute Gasteiger partial charge is 0.0483 e. The second-order valence-corrected chi connectivity index (χ2v) is 2.30. The third kappa shape index (κ3) is 62.8. The van der Waals surface area contributed by atoms with Crippen molar-refractivity contribution in [1.29, 1.82) is 0 Å². The van der Waals surface area contributed by atoms with Crippen molar-refractivity contribution in [2.24, 2.45) is 0 Å². The summed E-state index contributed by atoms with van der Waals surface area (Å²) in [4.78, 5) is 0. The molecule has 1 N–H and O–H groups in total. The SMILES string of the molecule is CC(C)O.[CH2-]CCCC.[Y]. The largest absolute Gasteiger partial charge is 0.394 e. The first kappa shape index (κ1) is 17.2. The molecule has 2 heteroatoms. The van der Waals surface area contributed by atoms with Gasteiger partial charge in [0, 0.05) is 38.8 Å². The zero-order valence-electron chi connectivity index (χ0n) is 7.43. The quantitative estimate of drug-likeness (QED) is 0.708. The van der Waals surface area contributed by atoms with Gasteiger partial charge in [-0.25, -0.2) is 0 Å². The van der Waals surface area contributed by atoms with E-state index in [1.165, 1.54) is 12.8 Å². The predicted molar refractivity (Wildman–Crippen MR) is 42.2 cm³/mol. The van der Waals surface area contributed by atoms with Gasteiger partial charge in [-0.15, -0.1) is 0 Å². The minimum absolute atomic E-state index is 0. The van der Waals surface area contributed by atoms with Crippen LogP contribution in [0.25, 0.3) is 0 Å². The van der Waals surface area contributed by atoms with Gasteiger partial charge in [0.2, 0.25) is 0 Å². The van der Waals surface area contributed by atoms with Crippen LogP contribution in [0.2, 0.25) is 0 Å². The molecule has 0 bridgehead atoms. The number of hydrogen-bond donors (Lipinski definition) is 1. The molecule has 0 saturated carbocycles. The molecule has 1 nitrogen and oxygen atoms in total. The Kier molecular flexibility index (Phi) is 28.6. The summed E-state index contributed by atoms with van der Waals surface area (Å²) in [5.74, 6) is 0. The summed E-state index contributed by atoms with van der Waals surface area (Å²) in [5, 5.41) is 8.06. The van der Waals surface area contributed by atoms with Gasteiger partial charge in [0.05, 0.1) is 0 Å². The minimum atomic E-state index is -0.167. The standard InChI is InChI=1S/C5H11.C3H8O.Y/c1-3-5-4-2;1-3(2)4;/h1,3-5H2,2H3;3-4H,1-2H3;/q-1;;. The molecule has 0 heterocycles. The van der Waals surface area contributed by atoms with Crippen molar-refractivity contribution in [3.63, 3.8) is 0 Å². The molecule has 0 atom stereocenters. The Balaban J connectivity index is -0.0000000910. The fourth-order valence-electron chi connectivity index (χ4n) is 0.250. The Morgan fingerprint density at radius 3 is 1.70 bits per heavy atom. The second kappa shape index (κ2) is 16.6. The van der Waals surface area contributed by atoms with E-state index in [1.807, 2.05) is 0 Å². The van der Waals surface area contributed by atoms with E-state index in [1.54, 1.807) is 13.8 Å². The van der Waals surface area contributed by atoms with Crippen molar-refractivity contribution in [1.82, 2.24) is 0 Å². The van der Waals surface area contributed by atoms with Crippen LogP contribution in [-0.2, 0) is 32.7 Å². The molecular formula is C8H19OY-. The predicted octanol–water partition coefficient (Wildman–Crippen LogP) is 2.40. The molecule has 0 unspecified atom stereocenters. The van der Waals surface area contributed by atoms with Crippen LogP contribution >= 0.6 is 0 Å². The number of aliphatic hydroxyl groups is 1. The first-order valence-electron chi connectivity index (χ1n) is 3.62. The molecule has 0 aromatic heterocycles. The van der Waals surface area contributed by atoms with Crippen LogP contribution in [0.15, 0.2) is 0 Å². The fraction of sp³-hybridized carbons (Fsp3) is 0.875. The Morgan fingerprint density at radius 1 is 1.40 bits per heavy atom. The summed E-state index contributed by atoms with van der Waals surface area (Å²) in [5.41, 5.74) is 0. The van der Waals surface area contributed by atoms with Gasteiger partial charge in [0.15, 0.2) is 0 Å². The summed E-state index contributed by atoms with van der Waals surface area (Å²) in [7, 11) is 0. The van der Waals surface area contributed by atoms with Crippen LogP contribution in [0.4, 0.5) is 0 Å². The van der Waals surface area contributed by atoms with E-state index in [0.717, 1.165) is 6.42 Å². The van der Waals surface area contributed by atoms with Gasteiger partial charge in [0.1, 0.15) is 0 Å². The molecule has 1 radical (unpaired) electrons. The van der Waals surface area contributed by atoms with E-state index in [2.05, 4.69) is 13.8 Å². The monoisotopic (exact) mass is 220 g/mol. The van der Waals surface area contributed by atoms with E-state index in [-0.39, 0.29) is 38.8 Å². The minimum Gasteiger partial charge on any atom is -0.394 e. The third-order valence-corrected chi connectivity index (χ3v) is 0.604. The first-order chi connectivity index (χ1) is 4.15. The van der Waals surface area contributed by atoms with Gasteiger partial charge in [-0.1, -0.05) is 19.8 Å². The maximum Gasteiger partial charge on any atom is 0.0483 e. The fourth-order valence-corrected chi connectivity index (χ4v) is 0.250. The Labute approximate surface area is 90.5 Å². The van der Waals surface area contributed by atoms with Crippen LogP contribution in [0.5, 0.6) is 0 Å². The van der Waals surface area contributed by atoms with Crippen molar-refractivity contribution in [3.05, 3.63) is 6.92 Å². The zero-order valence-corrected chi connectivity index (χ0v) is 10.3. The van der Waals surface area contributed by atoms with Gasteiger partial charge < -0.3 is 12.0 Å². The van der Waals surface area contributed by atoms with Gasteiger partial charge in [-0.2, -0.15) is 6.42 Å². The summed E-state index contributed by atoms with van der Waals surface area (Å²) in [6.07, 6.45) is 3.49. The molecule has 0 rings (SSSR count). The van der Waals surface area contributed by atoms with Crippen molar-refractivity contribution in [2.45, 2.75) is 46.1 Å². The van der Waals surface area contributed by atoms with Crippen LogP contribution in [0, 0.1) is 6.92 Å². The molecule has 0 aliphatic heterocycles. The average molecular weight is 220 g/mol. The van der Waals surface area contributed by atoms with Crippen molar-refractivity contribution in [2.75, 3.05) is 0 Å². The number of aliphatic hydroxyl groups excluding tert-OH is 1. The van der Waals surface area contributed by atoms with Gasteiger partial charge in [-0.05, 0) is 13.8 Å². The van der Waals surface area contributed by atoms with E-state index in [0.29, 0.717) is 0 Å². The summed E-state index contributed by atoms with van der Waals surface area (Å²) < 4.78 is 0. The van der Waals surface area contributed by atoms with E-state index < -0.39 is 0 Å². The molecule has 0 amide bonds. The van der Waals surface area contributed by atoms with Crippen LogP contribution in [0.3, 0.4) is 0 Å². The second-order valence-electron chi connectivity index (χ2n) is 2.30. The molecule has 0 aromatic rings. The van der Waals surface area contributed by atoms with Gasteiger partial charge in [-0.3, -0.25) is 0 Å². The topological polar surface area (TPSA) is 20.2 Å². The third-order valence-electron chi connectivity index (χ3n) is 0.604. The number of unbranched alkanes of at least 4 members (excludes halogenated alkanes) is 2.